The molecule has 0 radical (unpaired) electrons. The lowest BCUT2D eigenvalue weighted by Crippen LogP contribution is -2.18. The topological polar surface area (TPSA) is 47.7 Å². The SMILES string of the molecule is CCc1nn(C)c(CNCCc2cnn(C)c2)c1Br. The Balaban J connectivity index is 1.84. The van der Waals surface area contributed by atoms with Gasteiger partial charge in [-0.3, -0.25) is 9.36 Å². The Hall–Kier alpha value is -1.14. The zero-order valence-electron chi connectivity index (χ0n) is 11.6. The number of nitrogens with zero attached hydrogens (tertiary/aromatic N) is 4. The molecular formula is C13H20BrN5. The van der Waals surface area contributed by atoms with E-state index < -0.39 is 0 Å². The molecule has 0 fully saturated rings. The zero-order valence-corrected chi connectivity index (χ0v) is 13.2. The largest absolute Gasteiger partial charge is 0.311 e. The highest BCUT2D eigenvalue weighted by Crippen LogP contribution is 2.21. The third-order valence-electron chi connectivity index (χ3n) is 3.14. The summed E-state index contributed by atoms with van der Waals surface area (Å²) in [6.07, 6.45) is 5.90. The molecule has 0 spiro atoms. The van der Waals surface area contributed by atoms with E-state index in [1.807, 2.05) is 29.7 Å². The Bertz CT molecular complexity index is 543. The predicted molar refractivity (Wildman–Crippen MR) is 78.9 cm³/mol. The molecule has 0 unspecified atom stereocenters. The minimum atomic E-state index is 0.824. The maximum atomic E-state index is 4.49. The summed E-state index contributed by atoms with van der Waals surface area (Å²) in [6, 6.07) is 0. The van der Waals surface area contributed by atoms with Crippen LogP contribution in [0.5, 0.6) is 0 Å². The zero-order chi connectivity index (χ0) is 13.8. The van der Waals surface area contributed by atoms with E-state index in [9.17, 15) is 0 Å². The molecule has 0 aromatic carbocycles. The fourth-order valence-corrected chi connectivity index (χ4v) is 2.81. The van der Waals surface area contributed by atoms with E-state index in [2.05, 4.69) is 44.6 Å². The van der Waals surface area contributed by atoms with Crippen molar-refractivity contribution in [3.63, 3.8) is 0 Å². The lowest BCUT2D eigenvalue weighted by Gasteiger charge is -2.05. The number of nitrogens with one attached hydrogen (secondary N) is 1. The van der Waals surface area contributed by atoms with Crippen LogP contribution in [0.25, 0.3) is 0 Å². The third kappa shape index (κ3) is 3.45. The van der Waals surface area contributed by atoms with Crippen LogP contribution in [0.4, 0.5) is 0 Å². The highest BCUT2D eigenvalue weighted by atomic mass is 79.9. The summed E-state index contributed by atoms with van der Waals surface area (Å²) < 4.78 is 4.91. The van der Waals surface area contributed by atoms with Crippen molar-refractivity contribution in [1.82, 2.24) is 24.9 Å². The van der Waals surface area contributed by atoms with Gasteiger partial charge >= 0.3 is 0 Å². The van der Waals surface area contributed by atoms with Gasteiger partial charge in [0.15, 0.2) is 0 Å². The fraction of sp³-hybridized carbons (Fsp3) is 0.538. The van der Waals surface area contributed by atoms with Gasteiger partial charge in [-0.25, -0.2) is 0 Å². The first-order valence-corrected chi connectivity index (χ1v) is 7.29. The van der Waals surface area contributed by atoms with Gasteiger partial charge in [-0.2, -0.15) is 10.2 Å². The van der Waals surface area contributed by atoms with E-state index in [0.717, 1.165) is 36.1 Å². The first kappa shape index (κ1) is 14.3. The maximum Gasteiger partial charge on any atom is 0.0767 e. The Morgan fingerprint density at radius 2 is 2.16 bits per heavy atom. The summed E-state index contributed by atoms with van der Waals surface area (Å²) in [7, 11) is 3.93. The van der Waals surface area contributed by atoms with Gasteiger partial charge in [0.2, 0.25) is 0 Å². The molecule has 2 aromatic heterocycles. The summed E-state index contributed by atoms with van der Waals surface area (Å²) in [5, 5.41) is 12.1. The van der Waals surface area contributed by atoms with Gasteiger partial charge in [-0.15, -0.1) is 0 Å². The van der Waals surface area contributed by atoms with Crippen LogP contribution in [0.1, 0.15) is 23.9 Å². The lowest BCUT2D eigenvalue weighted by atomic mass is 10.2. The molecule has 19 heavy (non-hydrogen) atoms. The van der Waals surface area contributed by atoms with E-state index in [-0.39, 0.29) is 0 Å². The van der Waals surface area contributed by atoms with Gasteiger partial charge in [0.05, 0.1) is 22.1 Å². The highest BCUT2D eigenvalue weighted by Gasteiger charge is 2.11. The van der Waals surface area contributed by atoms with Crippen molar-refractivity contribution >= 4 is 15.9 Å². The quantitative estimate of drug-likeness (QED) is 0.824. The van der Waals surface area contributed by atoms with Crippen LogP contribution in [0.2, 0.25) is 0 Å². The summed E-state index contributed by atoms with van der Waals surface area (Å²) in [5.41, 5.74) is 3.57. The summed E-state index contributed by atoms with van der Waals surface area (Å²) in [5.74, 6) is 0. The molecule has 2 rings (SSSR count). The molecule has 0 aliphatic rings. The standard InChI is InChI=1S/C13H20BrN5/c1-4-11-13(14)12(19(3)17-11)8-15-6-5-10-7-16-18(2)9-10/h7,9,15H,4-6,8H2,1-3H3. The van der Waals surface area contributed by atoms with E-state index in [4.69, 9.17) is 0 Å². The van der Waals surface area contributed by atoms with E-state index in [1.54, 1.807) is 0 Å². The predicted octanol–water partition coefficient (Wildman–Crippen LogP) is 1.81. The fourth-order valence-electron chi connectivity index (χ4n) is 2.05. The second-order valence-electron chi connectivity index (χ2n) is 4.63. The Morgan fingerprint density at radius 3 is 2.74 bits per heavy atom. The average Bonchev–Trinajstić information content (AvgIpc) is 2.91. The van der Waals surface area contributed by atoms with Gasteiger partial charge in [0.1, 0.15) is 0 Å². The molecular weight excluding hydrogens is 306 g/mol. The number of halogens is 1. The summed E-state index contributed by atoms with van der Waals surface area (Å²) in [4.78, 5) is 0. The average molecular weight is 326 g/mol. The van der Waals surface area contributed by atoms with E-state index in [1.165, 1.54) is 11.3 Å². The van der Waals surface area contributed by atoms with Crippen LogP contribution in [-0.4, -0.2) is 26.1 Å². The van der Waals surface area contributed by atoms with Crippen molar-refractivity contribution in [1.29, 1.82) is 0 Å². The van der Waals surface area contributed by atoms with Crippen molar-refractivity contribution in [3.05, 3.63) is 33.8 Å². The van der Waals surface area contributed by atoms with Crippen molar-refractivity contribution in [2.45, 2.75) is 26.3 Å². The Labute approximate surface area is 122 Å². The van der Waals surface area contributed by atoms with Crippen LogP contribution >= 0.6 is 15.9 Å². The minimum absolute atomic E-state index is 0.824. The second kappa shape index (κ2) is 6.34. The number of aromatic nitrogens is 4. The van der Waals surface area contributed by atoms with Crippen LogP contribution in [0.3, 0.4) is 0 Å². The van der Waals surface area contributed by atoms with Crippen molar-refractivity contribution < 1.29 is 0 Å². The number of rotatable bonds is 6. The molecule has 104 valence electrons. The van der Waals surface area contributed by atoms with Crippen molar-refractivity contribution in [2.75, 3.05) is 6.54 Å². The van der Waals surface area contributed by atoms with Crippen LogP contribution in [-0.2, 0) is 33.5 Å². The van der Waals surface area contributed by atoms with E-state index >= 15 is 0 Å². The lowest BCUT2D eigenvalue weighted by molar-refractivity contribution is 0.622. The number of aryl methyl sites for hydroxylation is 3. The molecule has 2 aromatic rings. The highest BCUT2D eigenvalue weighted by molar-refractivity contribution is 9.10. The van der Waals surface area contributed by atoms with Crippen LogP contribution in [0.15, 0.2) is 16.9 Å². The second-order valence-corrected chi connectivity index (χ2v) is 5.43. The van der Waals surface area contributed by atoms with Crippen LogP contribution < -0.4 is 5.32 Å². The molecule has 5 nitrogen and oxygen atoms in total. The Kier molecular flexibility index (Phi) is 4.76. The molecule has 0 aliphatic heterocycles. The molecule has 0 saturated heterocycles. The molecule has 1 N–H and O–H groups in total. The molecule has 0 amide bonds. The Morgan fingerprint density at radius 1 is 1.37 bits per heavy atom. The molecule has 2 heterocycles. The molecule has 0 aliphatic carbocycles. The summed E-state index contributed by atoms with van der Waals surface area (Å²) >= 11 is 3.63. The third-order valence-corrected chi connectivity index (χ3v) is 4.06. The first-order valence-electron chi connectivity index (χ1n) is 6.50. The van der Waals surface area contributed by atoms with Gasteiger partial charge in [0.25, 0.3) is 0 Å². The molecule has 6 heteroatoms. The number of hydrogen-bond donors (Lipinski definition) is 1. The van der Waals surface area contributed by atoms with Gasteiger partial charge in [-0.05, 0) is 40.9 Å². The molecule has 0 bridgehead atoms. The van der Waals surface area contributed by atoms with Crippen molar-refractivity contribution in [2.24, 2.45) is 14.1 Å². The first-order chi connectivity index (χ1) is 9.11. The summed E-state index contributed by atoms with van der Waals surface area (Å²) in [6.45, 7) is 3.88. The van der Waals surface area contributed by atoms with Gasteiger partial charge < -0.3 is 5.32 Å². The normalized spacial score (nSPS) is 11.2. The van der Waals surface area contributed by atoms with Gasteiger partial charge in [-0.1, -0.05) is 6.92 Å². The maximum absolute atomic E-state index is 4.49. The van der Waals surface area contributed by atoms with Gasteiger partial charge in [0, 0.05) is 26.8 Å². The number of hydrogen-bond acceptors (Lipinski definition) is 3. The van der Waals surface area contributed by atoms with E-state index in [0.29, 0.717) is 0 Å². The van der Waals surface area contributed by atoms with Crippen molar-refractivity contribution in [3.8, 4) is 0 Å². The van der Waals surface area contributed by atoms with Crippen LogP contribution in [0, 0.1) is 0 Å². The molecule has 0 atom stereocenters. The minimum Gasteiger partial charge on any atom is -0.311 e. The monoisotopic (exact) mass is 325 g/mol. The smallest absolute Gasteiger partial charge is 0.0767 e. The molecule has 0 saturated carbocycles.